The highest BCUT2D eigenvalue weighted by Crippen LogP contribution is 2.17. The van der Waals surface area contributed by atoms with E-state index in [1.807, 2.05) is 0 Å². The lowest BCUT2D eigenvalue weighted by atomic mass is 9.96. The number of ether oxygens (including phenoxy) is 1. The summed E-state index contributed by atoms with van der Waals surface area (Å²) in [5, 5.41) is 9.23. The number of esters is 1. The van der Waals surface area contributed by atoms with Crippen molar-refractivity contribution in [3.63, 3.8) is 0 Å². The average molecular weight is 284 g/mol. The van der Waals surface area contributed by atoms with Gasteiger partial charge in [-0.15, -0.1) is 0 Å². The van der Waals surface area contributed by atoms with Crippen LogP contribution in [0.3, 0.4) is 0 Å². The molecule has 0 bridgehead atoms. The number of carbonyl (C=O) groups is 1. The van der Waals surface area contributed by atoms with Gasteiger partial charge in [0, 0.05) is 6.92 Å². The minimum atomic E-state index is -0.476. The van der Waals surface area contributed by atoms with Crippen LogP contribution in [0.15, 0.2) is 12.0 Å². The fourth-order valence-corrected chi connectivity index (χ4v) is 2.29. The molecule has 0 aliphatic carbocycles. The van der Waals surface area contributed by atoms with Crippen LogP contribution in [0, 0.1) is 5.92 Å². The van der Waals surface area contributed by atoms with Crippen molar-refractivity contribution in [2.24, 2.45) is 5.92 Å². The van der Waals surface area contributed by atoms with Crippen LogP contribution in [-0.2, 0) is 9.53 Å². The highest BCUT2D eigenvalue weighted by Gasteiger charge is 2.02. The predicted molar refractivity (Wildman–Crippen MR) is 83.5 cm³/mol. The number of aliphatic hydroxyl groups is 1. The topological polar surface area (TPSA) is 46.5 Å². The number of hydrogen-bond donors (Lipinski definition) is 1. The van der Waals surface area contributed by atoms with E-state index < -0.39 is 5.97 Å². The summed E-state index contributed by atoms with van der Waals surface area (Å²) in [7, 11) is 0. The van der Waals surface area contributed by atoms with Crippen LogP contribution >= 0.6 is 0 Å². The van der Waals surface area contributed by atoms with Crippen molar-refractivity contribution < 1.29 is 14.6 Å². The van der Waals surface area contributed by atoms with Crippen molar-refractivity contribution in [1.82, 2.24) is 0 Å². The molecule has 0 saturated heterocycles. The molecule has 0 amide bonds. The molecule has 0 radical (unpaired) electrons. The van der Waals surface area contributed by atoms with Crippen LogP contribution in [0.4, 0.5) is 0 Å². The molecule has 1 atom stereocenters. The van der Waals surface area contributed by atoms with E-state index in [0.717, 1.165) is 18.8 Å². The van der Waals surface area contributed by atoms with Gasteiger partial charge in [-0.1, -0.05) is 65.2 Å². The lowest BCUT2D eigenvalue weighted by Crippen LogP contribution is -1.98. The SMILES string of the molecule is CCCCCCCC(C)CCCCC=C(O)OC(C)=O. The Morgan fingerprint density at radius 2 is 1.70 bits per heavy atom. The van der Waals surface area contributed by atoms with E-state index in [0.29, 0.717) is 0 Å². The van der Waals surface area contributed by atoms with Gasteiger partial charge in [-0.2, -0.15) is 0 Å². The van der Waals surface area contributed by atoms with E-state index in [1.54, 1.807) is 6.08 Å². The van der Waals surface area contributed by atoms with Crippen molar-refractivity contribution in [2.45, 2.75) is 85.0 Å². The van der Waals surface area contributed by atoms with Gasteiger partial charge in [-0.3, -0.25) is 4.79 Å². The summed E-state index contributed by atoms with van der Waals surface area (Å²) in [5.41, 5.74) is 0. The van der Waals surface area contributed by atoms with Gasteiger partial charge in [-0.25, -0.2) is 0 Å². The summed E-state index contributed by atoms with van der Waals surface area (Å²) in [6.45, 7) is 5.86. The molecule has 1 unspecified atom stereocenters. The zero-order valence-electron chi connectivity index (χ0n) is 13.5. The molecule has 0 saturated carbocycles. The Morgan fingerprint density at radius 1 is 1.10 bits per heavy atom. The van der Waals surface area contributed by atoms with Crippen molar-refractivity contribution in [3.05, 3.63) is 12.0 Å². The Kier molecular flexibility index (Phi) is 12.4. The zero-order chi connectivity index (χ0) is 15.2. The minimum absolute atomic E-state index is 0.263. The highest BCUT2D eigenvalue weighted by molar-refractivity contribution is 5.66. The maximum atomic E-state index is 10.6. The molecular formula is C17H32O3. The second-order valence-electron chi connectivity index (χ2n) is 5.73. The first-order chi connectivity index (χ1) is 9.56. The molecular weight excluding hydrogens is 252 g/mol. The molecule has 0 aromatic rings. The molecule has 0 aliphatic heterocycles. The first-order valence-electron chi connectivity index (χ1n) is 8.13. The quantitative estimate of drug-likeness (QED) is 0.292. The number of carbonyl (C=O) groups excluding carboxylic acids is 1. The van der Waals surface area contributed by atoms with Gasteiger partial charge in [-0.05, 0) is 24.8 Å². The van der Waals surface area contributed by atoms with Crippen LogP contribution in [-0.4, -0.2) is 11.1 Å². The van der Waals surface area contributed by atoms with Crippen molar-refractivity contribution >= 4 is 5.97 Å². The minimum Gasteiger partial charge on any atom is -0.481 e. The highest BCUT2D eigenvalue weighted by atomic mass is 16.6. The Labute approximate surface area is 124 Å². The molecule has 3 nitrogen and oxygen atoms in total. The van der Waals surface area contributed by atoms with Gasteiger partial charge in [0.25, 0.3) is 5.95 Å². The third-order valence-electron chi connectivity index (χ3n) is 3.52. The first-order valence-corrected chi connectivity index (χ1v) is 8.13. The molecule has 0 heterocycles. The van der Waals surface area contributed by atoms with Gasteiger partial charge < -0.3 is 9.84 Å². The van der Waals surface area contributed by atoms with Crippen molar-refractivity contribution in [2.75, 3.05) is 0 Å². The lowest BCUT2D eigenvalue weighted by Gasteiger charge is -2.10. The van der Waals surface area contributed by atoms with E-state index in [1.165, 1.54) is 58.3 Å². The summed E-state index contributed by atoms with van der Waals surface area (Å²) in [6, 6.07) is 0. The molecule has 118 valence electrons. The number of aliphatic hydroxyl groups excluding tert-OH is 1. The Bertz CT molecular complexity index is 271. The fourth-order valence-electron chi connectivity index (χ4n) is 2.29. The van der Waals surface area contributed by atoms with E-state index >= 15 is 0 Å². The maximum absolute atomic E-state index is 10.6. The normalized spacial score (nSPS) is 13.2. The number of allylic oxidation sites excluding steroid dienone is 1. The Balaban J connectivity index is 3.43. The van der Waals surface area contributed by atoms with E-state index in [9.17, 15) is 9.90 Å². The van der Waals surface area contributed by atoms with Gasteiger partial charge in [0.05, 0.1) is 0 Å². The Hall–Kier alpha value is -0.990. The lowest BCUT2D eigenvalue weighted by molar-refractivity contribution is -0.140. The van der Waals surface area contributed by atoms with E-state index in [2.05, 4.69) is 18.6 Å². The van der Waals surface area contributed by atoms with Gasteiger partial charge in [0.15, 0.2) is 0 Å². The van der Waals surface area contributed by atoms with Crippen LogP contribution in [0.25, 0.3) is 0 Å². The van der Waals surface area contributed by atoms with Crippen LogP contribution in [0.1, 0.15) is 85.0 Å². The predicted octanol–water partition coefficient (Wildman–Crippen LogP) is 5.51. The first kappa shape index (κ1) is 19.0. The maximum Gasteiger partial charge on any atom is 0.310 e. The zero-order valence-corrected chi connectivity index (χ0v) is 13.5. The molecule has 0 fully saturated rings. The molecule has 0 aromatic carbocycles. The van der Waals surface area contributed by atoms with Gasteiger partial charge in [0.2, 0.25) is 0 Å². The third-order valence-corrected chi connectivity index (χ3v) is 3.52. The molecule has 0 spiro atoms. The summed E-state index contributed by atoms with van der Waals surface area (Å²) in [5.74, 6) is 0.0552. The summed E-state index contributed by atoms with van der Waals surface area (Å²) in [4.78, 5) is 10.6. The van der Waals surface area contributed by atoms with Crippen molar-refractivity contribution in [3.8, 4) is 0 Å². The largest absolute Gasteiger partial charge is 0.481 e. The molecule has 1 N–H and O–H groups in total. The van der Waals surface area contributed by atoms with Crippen LogP contribution in [0.5, 0.6) is 0 Å². The standard InChI is InChI=1S/C17H32O3/c1-4-5-6-7-9-12-15(2)13-10-8-11-14-17(19)20-16(3)18/h14-15,19H,4-13H2,1-3H3. The second kappa shape index (κ2) is 13.0. The number of hydrogen-bond acceptors (Lipinski definition) is 3. The molecule has 0 rings (SSSR count). The smallest absolute Gasteiger partial charge is 0.310 e. The molecule has 20 heavy (non-hydrogen) atoms. The van der Waals surface area contributed by atoms with E-state index in [-0.39, 0.29) is 5.95 Å². The summed E-state index contributed by atoms with van der Waals surface area (Å²) < 4.78 is 4.54. The third kappa shape index (κ3) is 13.4. The van der Waals surface area contributed by atoms with Crippen LogP contribution < -0.4 is 0 Å². The molecule has 3 heteroatoms. The molecule has 0 aromatic heterocycles. The van der Waals surface area contributed by atoms with Gasteiger partial charge >= 0.3 is 5.97 Å². The van der Waals surface area contributed by atoms with Crippen molar-refractivity contribution in [1.29, 1.82) is 0 Å². The second-order valence-corrected chi connectivity index (χ2v) is 5.73. The number of rotatable bonds is 12. The van der Waals surface area contributed by atoms with Crippen LogP contribution in [0.2, 0.25) is 0 Å². The average Bonchev–Trinajstić information content (AvgIpc) is 2.37. The number of unbranched alkanes of at least 4 members (excludes halogenated alkanes) is 6. The summed E-state index contributed by atoms with van der Waals surface area (Å²) in [6.07, 6.45) is 13.9. The van der Waals surface area contributed by atoms with Gasteiger partial charge in [0.1, 0.15) is 0 Å². The fraction of sp³-hybridized carbons (Fsp3) is 0.824. The molecule has 0 aliphatic rings. The monoisotopic (exact) mass is 284 g/mol. The Morgan fingerprint density at radius 3 is 2.30 bits per heavy atom. The summed E-state index contributed by atoms with van der Waals surface area (Å²) >= 11 is 0. The van der Waals surface area contributed by atoms with E-state index in [4.69, 9.17) is 0 Å².